The highest BCUT2D eigenvalue weighted by Gasteiger charge is 2.18. The number of aromatic nitrogens is 2. The summed E-state index contributed by atoms with van der Waals surface area (Å²) in [5.41, 5.74) is 11.6. The summed E-state index contributed by atoms with van der Waals surface area (Å²) in [6.45, 7) is 4.14. The number of ether oxygens (including phenoxy) is 1. The molecule has 8 nitrogen and oxygen atoms in total. The number of carbonyl (C=O) groups is 1. The van der Waals surface area contributed by atoms with Crippen molar-refractivity contribution in [2.75, 3.05) is 44.3 Å². The first-order valence-electron chi connectivity index (χ1n) is 14.8. The number of hydrogen-bond donors (Lipinski definition) is 4. The highest BCUT2D eigenvalue weighted by molar-refractivity contribution is 7.18. The van der Waals surface area contributed by atoms with Crippen LogP contribution in [0, 0.1) is 5.92 Å². The van der Waals surface area contributed by atoms with Crippen LogP contribution in [-0.4, -0.2) is 48.7 Å². The molecule has 0 unspecified atom stereocenters. The van der Waals surface area contributed by atoms with Gasteiger partial charge in [0, 0.05) is 51.9 Å². The monoisotopic (exact) mass is 594 g/mol. The van der Waals surface area contributed by atoms with Crippen LogP contribution in [0.4, 0.5) is 11.5 Å². The number of piperidine rings is 1. The van der Waals surface area contributed by atoms with Crippen molar-refractivity contribution in [2.45, 2.75) is 19.3 Å². The van der Waals surface area contributed by atoms with E-state index < -0.39 is 0 Å². The van der Waals surface area contributed by atoms with Crippen LogP contribution in [0.3, 0.4) is 0 Å². The molecule has 0 bridgehead atoms. The molecule has 222 valence electrons. The molecule has 5 aromatic rings. The molecule has 0 spiro atoms. The molecule has 0 radical (unpaired) electrons. The molecule has 1 aliphatic heterocycles. The molecule has 0 aliphatic carbocycles. The number of pyridine rings is 1. The first-order valence-corrected chi connectivity index (χ1v) is 15.7. The lowest BCUT2D eigenvalue weighted by Crippen LogP contribution is -2.29. The maximum Gasteiger partial charge on any atom is 0.272 e. The number of thiophene rings is 1. The maximum absolute atomic E-state index is 13.2. The topological polar surface area (TPSA) is 106 Å². The van der Waals surface area contributed by atoms with Crippen LogP contribution >= 0.6 is 11.3 Å². The first kappa shape index (κ1) is 28.9. The van der Waals surface area contributed by atoms with E-state index >= 15 is 0 Å². The summed E-state index contributed by atoms with van der Waals surface area (Å²) in [6.07, 6.45) is 9.91. The van der Waals surface area contributed by atoms with E-state index in [0.717, 1.165) is 69.8 Å². The minimum absolute atomic E-state index is 0.198. The average Bonchev–Trinajstić information content (AvgIpc) is 3.63. The Balaban J connectivity index is 1.18. The molecule has 1 fully saturated rings. The lowest BCUT2D eigenvalue weighted by molar-refractivity contribution is 0.101. The van der Waals surface area contributed by atoms with E-state index in [9.17, 15) is 4.79 Å². The molecule has 1 saturated heterocycles. The second-order valence-corrected chi connectivity index (χ2v) is 11.9. The summed E-state index contributed by atoms with van der Waals surface area (Å²) >= 11 is 1.65. The zero-order chi connectivity index (χ0) is 29.8. The van der Waals surface area contributed by atoms with Crippen molar-refractivity contribution < 1.29 is 9.53 Å². The Morgan fingerprint density at radius 3 is 2.86 bits per heavy atom. The fourth-order valence-corrected chi connectivity index (χ4v) is 7.00. The molecule has 2 aromatic carbocycles. The van der Waals surface area contributed by atoms with Gasteiger partial charge in [0.1, 0.15) is 17.3 Å². The highest BCUT2D eigenvalue weighted by atomic mass is 32.1. The molecule has 9 heteroatoms. The molecule has 1 amide bonds. The van der Waals surface area contributed by atoms with Crippen LogP contribution in [0.5, 0.6) is 5.75 Å². The molecule has 0 atom stereocenters. The van der Waals surface area contributed by atoms with Crippen LogP contribution < -0.4 is 26.4 Å². The fraction of sp³-hybridized carbons (Fsp3) is 0.294. The van der Waals surface area contributed by atoms with Gasteiger partial charge in [-0.1, -0.05) is 36.4 Å². The number of para-hydroxylation sites is 1. The number of benzene rings is 2. The average molecular weight is 595 g/mol. The summed E-state index contributed by atoms with van der Waals surface area (Å²) in [4.78, 5) is 17.8. The zero-order valence-electron chi connectivity index (χ0n) is 24.7. The first-order chi connectivity index (χ1) is 21.0. The molecule has 1 aliphatic rings. The molecule has 5 N–H and O–H groups in total. The van der Waals surface area contributed by atoms with E-state index in [1.54, 1.807) is 18.4 Å². The Morgan fingerprint density at radius 2 is 2.05 bits per heavy atom. The SMILES string of the molecule is COc1cc(-c2csc3c(/C=C/CNCCC4CCNCC4)cnc(N)c23)ccc1NC(=O)c1cc2ccccc2n1C. The normalized spacial score (nSPS) is 14.2. The Kier molecular flexibility index (Phi) is 8.74. The quantitative estimate of drug-likeness (QED) is 0.142. The third kappa shape index (κ3) is 6.15. The van der Waals surface area contributed by atoms with Crippen molar-refractivity contribution in [3.63, 3.8) is 0 Å². The van der Waals surface area contributed by atoms with E-state index in [4.69, 9.17) is 10.5 Å². The van der Waals surface area contributed by atoms with Gasteiger partial charge in [0.05, 0.1) is 12.8 Å². The maximum atomic E-state index is 13.2. The van der Waals surface area contributed by atoms with Crippen molar-refractivity contribution in [1.29, 1.82) is 0 Å². The fourth-order valence-electron chi connectivity index (χ4n) is 5.92. The Morgan fingerprint density at radius 1 is 1.21 bits per heavy atom. The lowest BCUT2D eigenvalue weighted by Gasteiger charge is -2.22. The second-order valence-electron chi connectivity index (χ2n) is 11.1. The number of hydrogen-bond acceptors (Lipinski definition) is 7. The van der Waals surface area contributed by atoms with Gasteiger partial charge in [-0.3, -0.25) is 4.79 Å². The van der Waals surface area contributed by atoms with Crippen molar-refractivity contribution in [2.24, 2.45) is 13.0 Å². The molecule has 0 saturated carbocycles. The van der Waals surface area contributed by atoms with Crippen LogP contribution in [0.2, 0.25) is 0 Å². The van der Waals surface area contributed by atoms with Gasteiger partial charge in [-0.2, -0.15) is 0 Å². The van der Waals surface area contributed by atoms with Gasteiger partial charge in [-0.05, 0) is 80.0 Å². The standard InChI is InChI=1S/C34H38N6O2S/c1-40-28-8-4-3-6-24(28)18-29(40)34(41)39-27-10-9-23(19-30(27)42-2)26-21-43-32-25(20-38-33(35)31(26)32)7-5-14-36-15-11-22-12-16-37-17-13-22/h3-10,18-22,36-37H,11-17H2,1-2H3,(H2,35,38)(H,39,41)/b7-5+. The largest absolute Gasteiger partial charge is 0.495 e. The van der Waals surface area contributed by atoms with Crippen molar-refractivity contribution >= 4 is 55.8 Å². The molecular weight excluding hydrogens is 556 g/mol. The minimum Gasteiger partial charge on any atom is -0.495 e. The zero-order valence-corrected chi connectivity index (χ0v) is 25.5. The number of anilines is 2. The second kappa shape index (κ2) is 13.0. The number of nitrogens with zero attached hydrogens (tertiary/aromatic N) is 2. The van der Waals surface area contributed by atoms with Crippen LogP contribution in [0.1, 0.15) is 35.3 Å². The highest BCUT2D eigenvalue weighted by Crippen LogP contribution is 2.41. The number of aryl methyl sites for hydroxylation is 1. The number of rotatable bonds is 10. The third-order valence-electron chi connectivity index (χ3n) is 8.34. The Hall–Kier alpha value is -4.18. The number of nitrogen functional groups attached to an aromatic ring is 1. The van der Waals surface area contributed by atoms with E-state index in [-0.39, 0.29) is 5.91 Å². The molecule has 43 heavy (non-hydrogen) atoms. The summed E-state index contributed by atoms with van der Waals surface area (Å²) < 4.78 is 8.71. The summed E-state index contributed by atoms with van der Waals surface area (Å²) in [6, 6.07) is 15.6. The number of methoxy groups -OCH3 is 1. The van der Waals surface area contributed by atoms with Crippen molar-refractivity contribution in [3.05, 3.63) is 77.4 Å². The van der Waals surface area contributed by atoms with Crippen LogP contribution in [0.25, 0.3) is 38.2 Å². The number of carbonyl (C=O) groups excluding carboxylic acids is 1. The third-order valence-corrected chi connectivity index (χ3v) is 9.37. The van der Waals surface area contributed by atoms with Crippen molar-refractivity contribution in [1.82, 2.24) is 20.2 Å². The van der Waals surface area contributed by atoms with Crippen LogP contribution in [-0.2, 0) is 7.05 Å². The van der Waals surface area contributed by atoms with Crippen LogP contribution in [0.15, 0.2) is 66.2 Å². The minimum atomic E-state index is -0.198. The van der Waals surface area contributed by atoms with Gasteiger partial charge in [0.25, 0.3) is 5.91 Å². The van der Waals surface area contributed by atoms with Gasteiger partial charge in [0.2, 0.25) is 0 Å². The summed E-state index contributed by atoms with van der Waals surface area (Å²) in [5.74, 6) is 1.70. The van der Waals surface area contributed by atoms with Gasteiger partial charge < -0.3 is 31.0 Å². The Bertz CT molecular complexity index is 1780. The van der Waals surface area contributed by atoms with Gasteiger partial charge in [-0.15, -0.1) is 11.3 Å². The van der Waals surface area contributed by atoms with Gasteiger partial charge in [0.15, 0.2) is 0 Å². The van der Waals surface area contributed by atoms with E-state index in [1.807, 2.05) is 66.3 Å². The number of amides is 1. The number of nitrogens with one attached hydrogen (secondary N) is 3. The predicted octanol–water partition coefficient (Wildman–Crippen LogP) is 6.29. The van der Waals surface area contributed by atoms with Gasteiger partial charge in [-0.25, -0.2) is 4.98 Å². The molecule has 6 rings (SSSR count). The molecule has 4 heterocycles. The summed E-state index contributed by atoms with van der Waals surface area (Å²) in [5, 5.41) is 14.1. The van der Waals surface area contributed by atoms with E-state index in [0.29, 0.717) is 22.9 Å². The predicted molar refractivity (Wildman–Crippen MR) is 179 cm³/mol. The lowest BCUT2D eigenvalue weighted by atomic mass is 9.95. The van der Waals surface area contributed by atoms with Crippen molar-refractivity contribution in [3.8, 4) is 16.9 Å². The number of nitrogens with two attached hydrogens (primary N) is 1. The van der Waals surface area contributed by atoms with Gasteiger partial charge >= 0.3 is 0 Å². The summed E-state index contributed by atoms with van der Waals surface area (Å²) in [7, 11) is 3.50. The van der Waals surface area contributed by atoms with E-state index in [1.165, 1.54) is 19.3 Å². The Labute approximate surface area is 256 Å². The molecule has 3 aromatic heterocycles. The number of fused-ring (bicyclic) bond motifs is 2. The smallest absolute Gasteiger partial charge is 0.272 e. The molecular formula is C34H38N6O2S. The van der Waals surface area contributed by atoms with E-state index in [2.05, 4.69) is 38.5 Å².